The van der Waals surface area contributed by atoms with Crippen molar-refractivity contribution < 1.29 is 9.90 Å². The molecule has 0 saturated carbocycles. The predicted molar refractivity (Wildman–Crippen MR) is 49.5 cm³/mol. The van der Waals surface area contributed by atoms with E-state index in [9.17, 15) is 4.79 Å². The van der Waals surface area contributed by atoms with Crippen molar-refractivity contribution in [2.45, 2.75) is 25.7 Å². The average molecular weight is 179 g/mol. The third-order valence-corrected chi connectivity index (χ3v) is 1.96. The minimum absolute atomic E-state index is 0.404. The number of carboxylic acid groups (broad SMARTS) is 1. The molecular formula is C10H13NO2. The predicted octanol–water partition coefficient (Wildman–Crippen LogP) is 2.05. The van der Waals surface area contributed by atoms with E-state index < -0.39 is 11.9 Å². The van der Waals surface area contributed by atoms with Crippen LogP contribution in [0.3, 0.4) is 0 Å². The first-order valence-electron chi connectivity index (χ1n) is 4.38. The van der Waals surface area contributed by atoms with Gasteiger partial charge in [0.2, 0.25) is 0 Å². The van der Waals surface area contributed by atoms with Crippen LogP contribution in [0.2, 0.25) is 0 Å². The van der Waals surface area contributed by atoms with Gasteiger partial charge in [-0.25, -0.2) is 0 Å². The zero-order chi connectivity index (χ0) is 9.68. The summed E-state index contributed by atoms with van der Waals surface area (Å²) in [7, 11) is 0. The van der Waals surface area contributed by atoms with Crippen molar-refractivity contribution in [3.63, 3.8) is 0 Å². The summed E-state index contributed by atoms with van der Waals surface area (Å²) in [5, 5.41) is 8.93. The fourth-order valence-corrected chi connectivity index (χ4v) is 1.30. The van der Waals surface area contributed by atoms with Gasteiger partial charge in [-0.2, -0.15) is 0 Å². The number of hydrogen-bond donors (Lipinski definition) is 1. The number of aromatic nitrogens is 1. The van der Waals surface area contributed by atoms with Crippen LogP contribution in [0.15, 0.2) is 24.5 Å². The largest absolute Gasteiger partial charge is 0.481 e. The van der Waals surface area contributed by atoms with Crippen LogP contribution in [0.5, 0.6) is 0 Å². The molecule has 1 aromatic heterocycles. The average Bonchev–Trinajstić information content (AvgIpc) is 2.15. The SMILES string of the molecule is CCCC(C(=O)O)c1cccnc1. The summed E-state index contributed by atoms with van der Waals surface area (Å²) in [4.78, 5) is 14.8. The van der Waals surface area contributed by atoms with E-state index in [0.29, 0.717) is 6.42 Å². The van der Waals surface area contributed by atoms with Crippen LogP contribution in [0, 0.1) is 0 Å². The molecule has 70 valence electrons. The summed E-state index contributed by atoms with van der Waals surface area (Å²) < 4.78 is 0. The van der Waals surface area contributed by atoms with Crippen molar-refractivity contribution in [2.24, 2.45) is 0 Å². The summed E-state index contributed by atoms with van der Waals surface area (Å²) >= 11 is 0. The van der Waals surface area contributed by atoms with Crippen LogP contribution in [-0.4, -0.2) is 16.1 Å². The molecular weight excluding hydrogens is 166 g/mol. The van der Waals surface area contributed by atoms with E-state index in [-0.39, 0.29) is 0 Å². The number of carbonyl (C=O) groups is 1. The number of hydrogen-bond acceptors (Lipinski definition) is 2. The third-order valence-electron chi connectivity index (χ3n) is 1.96. The van der Waals surface area contributed by atoms with Crippen molar-refractivity contribution in [3.05, 3.63) is 30.1 Å². The fourth-order valence-electron chi connectivity index (χ4n) is 1.30. The van der Waals surface area contributed by atoms with Crippen molar-refractivity contribution in [2.75, 3.05) is 0 Å². The molecule has 1 unspecified atom stereocenters. The van der Waals surface area contributed by atoms with Crippen LogP contribution in [0.25, 0.3) is 0 Å². The highest BCUT2D eigenvalue weighted by atomic mass is 16.4. The number of carboxylic acids is 1. The highest BCUT2D eigenvalue weighted by molar-refractivity contribution is 5.75. The van der Waals surface area contributed by atoms with E-state index in [1.165, 1.54) is 0 Å². The van der Waals surface area contributed by atoms with E-state index in [0.717, 1.165) is 12.0 Å². The molecule has 0 aliphatic rings. The monoisotopic (exact) mass is 179 g/mol. The highest BCUT2D eigenvalue weighted by Crippen LogP contribution is 2.20. The van der Waals surface area contributed by atoms with Gasteiger partial charge in [-0.05, 0) is 18.1 Å². The molecule has 0 spiro atoms. The van der Waals surface area contributed by atoms with Crippen LogP contribution in [0.1, 0.15) is 31.2 Å². The first-order chi connectivity index (χ1) is 6.25. The molecule has 0 aliphatic carbocycles. The second-order valence-electron chi connectivity index (χ2n) is 2.97. The van der Waals surface area contributed by atoms with Gasteiger partial charge in [0, 0.05) is 12.4 Å². The summed E-state index contributed by atoms with van der Waals surface area (Å²) in [6.07, 6.45) is 4.80. The third kappa shape index (κ3) is 2.54. The van der Waals surface area contributed by atoms with E-state index in [1.807, 2.05) is 6.92 Å². The Bertz CT molecular complexity index is 272. The van der Waals surface area contributed by atoms with E-state index in [1.54, 1.807) is 24.5 Å². The Morgan fingerprint density at radius 2 is 2.46 bits per heavy atom. The Morgan fingerprint density at radius 1 is 1.69 bits per heavy atom. The molecule has 0 fully saturated rings. The molecule has 0 amide bonds. The smallest absolute Gasteiger partial charge is 0.311 e. The summed E-state index contributed by atoms with van der Waals surface area (Å²) in [6, 6.07) is 3.57. The lowest BCUT2D eigenvalue weighted by molar-refractivity contribution is -0.139. The summed E-state index contributed by atoms with van der Waals surface area (Å²) in [6.45, 7) is 1.98. The van der Waals surface area contributed by atoms with Crippen molar-refractivity contribution in [1.29, 1.82) is 0 Å². The number of pyridine rings is 1. The fraction of sp³-hybridized carbons (Fsp3) is 0.400. The van der Waals surface area contributed by atoms with Crippen LogP contribution in [-0.2, 0) is 4.79 Å². The molecule has 1 atom stereocenters. The first-order valence-corrected chi connectivity index (χ1v) is 4.38. The molecule has 0 bridgehead atoms. The Morgan fingerprint density at radius 3 is 2.92 bits per heavy atom. The lowest BCUT2D eigenvalue weighted by Crippen LogP contribution is -2.11. The van der Waals surface area contributed by atoms with Crippen molar-refractivity contribution >= 4 is 5.97 Å². The molecule has 0 radical (unpaired) electrons. The van der Waals surface area contributed by atoms with Gasteiger partial charge in [-0.3, -0.25) is 9.78 Å². The van der Waals surface area contributed by atoms with Gasteiger partial charge in [-0.1, -0.05) is 19.4 Å². The van der Waals surface area contributed by atoms with E-state index >= 15 is 0 Å². The maximum atomic E-state index is 10.9. The molecule has 13 heavy (non-hydrogen) atoms. The van der Waals surface area contributed by atoms with Crippen LogP contribution < -0.4 is 0 Å². The molecule has 3 nitrogen and oxygen atoms in total. The standard InChI is InChI=1S/C10H13NO2/c1-2-4-9(10(12)13)8-5-3-6-11-7-8/h3,5-7,9H,2,4H2,1H3,(H,12,13). The van der Waals surface area contributed by atoms with Gasteiger partial charge in [0.05, 0.1) is 5.92 Å². The number of aliphatic carboxylic acids is 1. The van der Waals surface area contributed by atoms with E-state index in [2.05, 4.69) is 4.98 Å². The van der Waals surface area contributed by atoms with Gasteiger partial charge in [0.1, 0.15) is 0 Å². The molecule has 0 aliphatic heterocycles. The van der Waals surface area contributed by atoms with Crippen LogP contribution >= 0.6 is 0 Å². The van der Waals surface area contributed by atoms with Gasteiger partial charge >= 0.3 is 5.97 Å². The Kier molecular flexibility index (Phi) is 3.43. The van der Waals surface area contributed by atoms with Gasteiger partial charge in [0.15, 0.2) is 0 Å². The zero-order valence-electron chi connectivity index (χ0n) is 7.60. The lowest BCUT2D eigenvalue weighted by Gasteiger charge is -2.09. The van der Waals surface area contributed by atoms with Crippen molar-refractivity contribution in [1.82, 2.24) is 4.98 Å². The van der Waals surface area contributed by atoms with Crippen LogP contribution in [0.4, 0.5) is 0 Å². The summed E-state index contributed by atoms with van der Waals surface area (Å²) in [5.41, 5.74) is 0.789. The normalized spacial score (nSPS) is 12.4. The maximum absolute atomic E-state index is 10.9. The minimum atomic E-state index is -0.769. The Hall–Kier alpha value is -1.38. The topological polar surface area (TPSA) is 50.2 Å². The molecule has 1 heterocycles. The lowest BCUT2D eigenvalue weighted by atomic mass is 9.96. The molecule has 1 rings (SSSR count). The molecule has 1 N–H and O–H groups in total. The van der Waals surface area contributed by atoms with Gasteiger partial charge in [0.25, 0.3) is 0 Å². The first kappa shape index (κ1) is 9.71. The van der Waals surface area contributed by atoms with Crippen molar-refractivity contribution in [3.8, 4) is 0 Å². The summed E-state index contributed by atoms with van der Waals surface area (Å²) in [5.74, 6) is -1.17. The molecule has 3 heteroatoms. The Balaban J connectivity index is 2.82. The van der Waals surface area contributed by atoms with E-state index in [4.69, 9.17) is 5.11 Å². The van der Waals surface area contributed by atoms with Gasteiger partial charge < -0.3 is 5.11 Å². The minimum Gasteiger partial charge on any atom is -0.481 e. The molecule has 0 aromatic carbocycles. The zero-order valence-corrected chi connectivity index (χ0v) is 7.60. The second-order valence-corrected chi connectivity index (χ2v) is 2.97. The second kappa shape index (κ2) is 4.60. The highest BCUT2D eigenvalue weighted by Gasteiger charge is 2.18. The number of rotatable bonds is 4. The molecule has 0 saturated heterocycles. The van der Waals surface area contributed by atoms with Gasteiger partial charge in [-0.15, -0.1) is 0 Å². The maximum Gasteiger partial charge on any atom is 0.311 e. The number of nitrogens with zero attached hydrogens (tertiary/aromatic N) is 1. The molecule has 1 aromatic rings. The Labute approximate surface area is 77.4 Å². The quantitative estimate of drug-likeness (QED) is 0.769.